The third-order valence-electron chi connectivity index (χ3n) is 4.12. The third kappa shape index (κ3) is 3.36. The lowest BCUT2D eigenvalue weighted by atomic mass is 10.0. The Labute approximate surface area is 141 Å². The first-order valence-electron chi connectivity index (χ1n) is 7.79. The van der Waals surface area contributed by atoms with E-state index in [1.54, 1.807) is 18.6 Å². The van der Waals surface area contributed by atoms with Gasteiger partial charge in [0.15, 0.2) is 9.84 Å². The van der Waals surface area contributed by atoms with E-state index in [1.807, 2.05) is 43.5 Å². The Morgan fingerprint density at radius 2 is 2.00 bits per heavy atom. The molecule has 1 aliphatic heterocycles. The first-order valence-corrected chi connectivity index (χ1v) is 9.61. The van der Waals surface area contributed by atoms with Gasteiger partial charge in [-0.3, -0.25) is 4.79 Å². The predicted octanol–water partition coefficient (Wildman–Crippen LogP) is 2.04. The van der Waals surface area contributed by atoms with E-state index >= 15 is 0 Å². The number of sulfone groups is 1. The van der Waals surface area contributed by atoms with Crippen molar-refractivity contribution in [1.29, 1.82) is 0 Å². The monoisotopic (exact) mass is 347 g/mol. The average Bonchev–Trinajstić information content (AvgIpc) is 2.96. The minimum atomic E-state index is -3.23. The van der Waals surface area contributed by atoms with Crippen LogP contribution >= 0.6 is 0 Å². The van der Waals surface area contributed by atoms with Crippen LogP contribution in [-0.2, 0) is 21.1 Å². The van der Waals surface area contributed by atoms with Gasteiger partial charge in [-0.2, -0.15) is 0 Å². The molecule has 0 fully saturated rings. The molecule has 1 aromatic carbocycles. The second-order valence-corrected chi connectivity index (χ2v) is 9.23. The molecule has 24 heavy (non-hydrogen) atoms. The first kappa shape index (κ1) is 16.7. The zero-order valence-corrected chi connectivity index (χ0v) is 14.8. The summed E-state index contributed by atoms with van der Waals surface area (Å²) in [6.07, 6.45) is 3.29. The van der Waals surface area contributed by atoms with Gasteiger partial charge in [0.2, 0.25) is 0 Å². The van der Waals surface area contributed by atoms with Crippen LogP contribution < -0.4 is 5.32 Å². The van der Waals surface area contributed by atoms with E-state index in [1.165, 1.54) is 0 Å². The van der Waals surface area contributed by atoms with E-state index in [9.17, 15) is 13.2 Å². The molecule has 0 radical (unpaired) electrons. The minimum absolute atomic E-state index is 0.0220. The number of fused-ring (bicyclic) bond motifs is 1. The maximum absolute atomic E-state index is 12.5. The summed E-state index contributed by atoms with van der Waals surface area (Å²) >= 11 is 0. The summed E-state index contributed by atoms with van der Waals surface area (Å²) in [6, 6.07) is 6.77. The van der Waals surface area contributed by atoms with Crippen molar-refractivity contribution in [2.24, 2.45) is 0 Å². The molecule has 3 rings (SSSR count). The zero-order chi connectivity index (χ0) is 17.5. The molecule has 7 heteroatoms. The highest BCUT2D eigenvalue weighted by atomic mass is 32.2. The Balaban J connectivity index is 1.85. The molecular weight excluding hydrogens is 326 g/mol. The summed E-state index contributed by atoms with van der Waals surface area (Å²) < 4.78 is 26.1. The van der Waals surface area contributed by atoms with Gasteiger partial charge in [0.25, 0.3) is 5.91 Å². The Morgan fingerprint density at radius 3 is 2.67 bits per heavy atom. The lowest BCUT2D eigenvalue weighted by Gasteiger charge is -2.26. The molecule has 0 spiro atoms. The number of nitrogens with zero attached hydrogens (tertiary/aromatic N) is 2. The Bertz CT molecular complexity index is 878. The highest BCUT2D eigenvalue weighted by Crippen LogP contribution is 2.28. The van der Waals surface area contributed by atoms with Crippen molar-refractivity contribution >= 4 is 15.7 Å². The van der Waals surface area contributed by atoms with Crippen LogP contribution in [0.15, 0.2) is 36.8 Å². The van der Waals surface area contributed by atoms with E-state index in [4.69, 9.17) is 0 Å². The van der Waals surface area contributed by atoms with Crippen molar-refractivity contribution in [2.75, 3.05) is 5.75 Å². The van der Waals surface area contributed by atoms with Crippen molar-refractivity contribution in [2.45, 2.75) is 38.1 Å². The van der Waals surface area contributed by atoms with Gasteiger partial charge in [-0.15, -0.1) is 0 Å². The van der Waals surface area contributed by atoms with Gasteiger partial charge < -0.3 is 9.88 Å². The molecule has 2 heterocycles. The number of carbonyl (C=O) groups is 1. The normalized spacial score (nSPS) is 19.5. The molecule has 1 aliphatic rings. The van der Waals surface area contributed by atoms with Crippen LogP contribution in [-0.4, -0.2) is 29.6 Å². The van der Waals surface area contributed by atoms with Crippen molar-refractivity contribution in [3.8, 4) is 0 Å². The Morgan fingerprint density at radius 1 is 1.29 bits per heavy atom. The standard InChI is InChI=1S/C17H21N3O3S/c1-17(2,3)20-8-14(18-11-20)16(21)19-15-10-24(22,23)9-12-6-4-5-7-13(12)15/h4-8,11,15H,9-10H2,1-3H3,(H,19,21). The highest BCUT2D eigenvalue weighted by molar-refractivity contribution is 7.90. The second kappa shape index (κ2) is 5.73. The molecule has 0 bridgehead atoms. The number of amides is 1. The lowest BCUT2D eigenvalue weighted by molar-refractivity contribution is 0.0935. The number of hydrogen-bond acceptors (Lipinski definition) is 4. The molecule has 0 saturated carbocycles. The quantitative estimate of drug-likeness (QED) is 0.901. The number of rotatable bonds is 2. The summed E-state index contributed by atoms with van der Waals surface area (Å²) in [5.41, 5.74) is 1.71. The molecule has 1 atom stereocenters. The first-order chi connectivity index (χ1) is 11.2. The topological polar surface area (TPSA) is 81.1 Å². The van der Waals surface area contributed by atoms with E-state index in [2.05, 4.69) is 10.3 Å². The Hall–Kier alpha value is -2.15. The molecule has 128 valence electrons. The second-order valence-electron chi connectivity index (χ2n) is 7.12. The van der Waals surface area contributed by atoms with Gasteiger partial charge >= 0.3 is 0 Å². The van der Waals surface area contributed by atoms with Crippen LogP contribution in [0.5, 0.6) is 0 Å². The number of aromatic nitrogens is 2. The van der Waals surface area contributed by atoms with Crippen LogP contribution in [0, 0.1) is 0 Å². The van der Waals surface area contributed by atoms with Gasteiger partial charge in [0.05, 0.1) is 23.9 Å². The van der Waals surface area contributed by atoms with Gasteiger partial charge in [-0.25, -0.2) is 13.4 Å². The van der Waals surface area contributed by atoms with Crippen LogP contribution in [0.25, 0.3) is 0 Å². The number of carbonyl (C=O) groups excluding carboxylic acids is 1. The van der Waals surface area contributed by atoms with E-state index < -0.39 is 15.9 Å². The van der Waals surface area contributed by atoms with Crippen LogP contribution in [0.3, 0.4) is 0 Å². The fraction of sp³-hybridized carbons (Fsp3) is 0.412. The largest absolute Gasteiger partial charge is 0.343 e. The van der Waals surface area contributed by atoms with Crippen LogP contribution in [0.2, 0.25) is 0 Å². The van der Waals surface area contributed by atoms with E-state index in [0.717, 1.165) is 11.1 Å². The summed E-state index contributed by atoms with van der Waals surface area (Å²) in [7, 11) is -3.23. The summed E-state index contributed by atoms with van der Waals surface area (Å²) in [5, 5.41) is 2.82. The van der Waals surface area contributed by atoms with Gasteiger partial charge in [0, 0.05) is 11.7 Å². The number of nitrogens with one attached hydrogen (secondary N) is 1. The SMILES string of the molecule is CC(C)(C)n1cnc(C(=O)NC2CS(=O)(=O)Cc3ccccc32)c1. The fourth-order valence-corrected chi connectivity index (χ4v) is 4.43. The highest BCUT2D eigenvalue weighted by Gasteiger charge is 2.31. The smallest absolute Gasteiger partial charge is 0.271 e. The van der Waals surface area contributed by atoms with Gasteiger partial charge in [0.1, 0.15) is 5.69 Å². The molecule has 6 nitrogen and oxygen atoms in total. The number of hydrogen-bond donors (Lipinski definition) is 1. The molecule has 2 aromatic rings. The minimum Gasteiger partial charge on any atom is -0.343 e. The molecular formula is C17H21N3O3S. The molecule has 0 saturated heterocycles. The lowest BCUT2D eigenvalue weighted by Crippen LogP contribution is -2.37. The molecule has 0 aliphatic carbocycles. The van der Waals surface area contributed by atoms with Gasteiger partial charge in [-0.1, -0.05) is 24.3 Å². The van der Waals surface area contributed by atoms with E-state index in [-0.39, 0.29) is 28.6 Å². The average molecular weight is 347 g/mol. The summed E-state index contributed by atoms with van der Waals surface area (Å²) in [6.45, 7) is 6.04. The fourth-order valence-electron chi connectivity index (χ4n) is 2.80. The van der Waals surface area contributed by atoms with Crippen molar-refractivity contribution in [3.63, 3.8) is 0 Å². The van der Waals surface area contributed by atoms with E-state index in [0.29, 0.717) is 0 Å². The molecule has 1 N–H and O–H groups in total. The number of imidazole rings is 1. The van der Waals surface area contributed by atoms with Crippen molar-refractivity contribution in [1.82, 2.24) is 14.9 Å². The van der Waals surface area contributed by atoms with Crippen LogP contribution in [0.1, 0.15) is 48.4 Å². The Kier molecular flexibility index (Phi) is 3.99. The summed E-state index contributed by atoms with van der Waals surface area (Å²) in [4.78, 5) is 16.6. The summed E-state index contributed by atoms with van der Waals surface area (Å²) in [5.74, 6) is -0.431. The predicted molar refractivity (Wildman–Crippen MR) is 91.4 cm³/mol. The van der Waals surface area contributed by atoms with Crippen LogP contribution in [0.4, 0.5) is 0 Å². The van der Waals surface area contributed by atoms with Gasteiger partial charge in [-0.05, 0) is 31.9 Å². The molecule has 1 amide bonds. The maximum atomic E-state index is 12.5. The van der Waals surface area contributed by atoms with Crippen molar-refractivity contribution < 1.29 is 13.2 Å². The third-order valence-corrected chi connectivity index (χ3v) is 5.71. The maximum Gasteiger partial charge on any atom is 0.271 e. The number of benzene rings is 1. The zero-order valence-electron chi connectivity index (χ0n) is 14.0. The molecule has 1 unspecified atom stereocenters. The van der Waals surface area contributed by atoms with Crippen molar-refractivity contribution in [3.05, 3.63) is 53.6 Å². The molecule has 1 aromatic heterocycles.